The molecule has 0 fully saturated rings. The molecule has 0 atom stereocenters. The number of aryl methyl sites for hydroxylation is 1. The fourth-order valence-electron chi connectivity index (χ4n) is 1.23. The number of amides is 1. The fraction of sp³-hybridized carbons (Fsp3) is 0.500. The van der Waals surface area contributed by atoms with E-state index in [2.05, 4.69) is 21.2 Å². The van der Waals surface area contributed by atoms with Gasteiger partial charge in [0.2, 0.25) is 0 Å². The molecule has 15 heavy (non-hydrogen) atoms. The van der Waals surface area contributed by atoms with E-state index in [1.807, 2.05) is 38.3 Å². The Morgan fingerprint density at radius 1 is 1.60 bits per heavy atom. The molecule has 1 N–H and O–H groups in total. The first-order valence-corrected chi connectivity index (χ1v) is 5.55. The first-order chi connectivity index (χ1) is 7.00. The van der Waals surface area contributed by atoms with Crippen LogP contribution in [0.2, 0.25) is 0 Å². The lowest BCUT2D eigenvalue weighted by atomic mass is 10.4. The molecule has 0 aliphatic rings. The summed E-state index contributed by atoms with van der Waals surface area (Å²) in [5.74, 6) is -0.0370. The monoisotopic (exact) mass is 273 g/mol. The van der Waals surface area contributed by atoms with Gasteiger partial charge in [0.1, 0.15) is 5.69 Å². The van der Waals surface area contributed by atoms with Crippen molar-refractivity contribution in [3.8, 4) is 0 Å². The molecule has 0 saturated carbocycles. The fourth-order valence-corrected chi connectivity index (χ4v) is 1.76. The van der Waals surface area contributed by atoms with Gasteiger partial charge in [-0.15, -0.1) is 0 Å². The molecule has 0 aliphatic carbocycles. The van der Waals surface area contributed by atoms with Gasteiger partial charge in [0.05, 0.1) is 0 Å². The molecule has 1 rings (SSSR count). The van der Waals surface area contributed by atoms with Gasteiger partial charge in [-0.05, 0) is 36.1 Å². The molecular formula is C10H16BrN3O. The van der Waals surface area contributed by atoms with Crippen LogP contribution in [0, 0.1) is 0 Å². The van der Waals surface area contributed by atoms with Gasteiger partial charge in [0.25, 0.3) is 5.91 Å². The normalized spacial score (nSPS) is 10.7. The summed E-state index contributed by atoms with van der Waals surface area (Å²) in [6.07, 6.45) is 1.86. The summed E-state index contributed by atoms with van der Waals surface area (Å²) in [4.78, 5) is 13.7. The van der Waals surface area contributed by atoms with Crippen molar-refractivity contribution in [3.63, 3.8) is 0 Å². The molecule has 84 valence electrons. The minimum Gasteiger partial charge on any atom is -0.349 e. The van der Waals surface area contributed by atoms with Gasteiger partial charge >= 0.3 is 0 Å². The smallest absolute Gasteiger partial charge is 0.267 e. The molecule has 0 unspecified atom stereocenters. The van der Waals surface area contributed by atoms with Crippen molar-refractivity contribution in [2.75, 3.05) is 27.2 Å². The molecule has 0 aromatic carbocycles. The van der Waals surface area contributed by atoms with Crippen LogP contribution in [0.4, 0.5) is 0 Å². The highest BCUT2D eigenvalue weighted by atomic mass is 79.9. The quantitative estimate of drug-likeness (QED) is 0.892. The average Bonchev–Trinajstić information content (AvgIpc) is 2.44. The summed E-state index contributed by atoms with van der Waals surface area (Å²) in [5.41, 5.74) is 0.667. The van der Waals surface area contributed by atoms with E-state index in [0.717, 1.165) is 11.0 Å². The predicted molar refractivity (Wildman–Crippen MR) is 64.0 cm³/mol. The zero-order valence-corrected chi connectivity index (χ0v) is 10.8. The molecule has 0 spiro atoms. The van der Waals surface area contributed by atoms with E-state index in [1.165, 1.54) is 0 Å². The first kappa shape index (κ1) is 12.3. The standard InChI is InChI=1S/C10H16BrN3O/c1-13(2)5-4-12-10(15)9-6-8(11)7-14(9)3/h6-7H,4-5H2,1-3H3,(H,12,15). The van der Waals surface area contributed by atoms with Crippen LogP contribution in [0.15, 0.2) is 16.7 Å². The Bertz CT molecular complexity index is 346. The number of carbonyl (C=O) groups excluding carboxylic acids is 1. The first-order valence-electron chi connectivity index (χ1n) is 4.75. The van der Waals surface area contributed by atoms with Crippen LogP contribution < -0.4 is 5.32 Å². The number of rotatable bonds is 4. The summed E-state index contributed by atoms with van der Waals surface area (Å²) < 4.78 is 2.72. The van der Waals surface area contributed by atoms with Crippen molar-refractivity contribution >= 4 is 21.8 Å². The van der Waals surface area contributed by atoms with Crippen LogP contribution in [0.25, 0.3) is 0 Å². The number of nitrogens with one attached hydrogen (secondary N) is 1. The van der Waals surface area contributed by atoms with Gasteiger partial charge in [0.15, 0.2) is 0 Å². The summed E-state index contributed by atoms with van der Waals surface area (Å²) >= 11 is 3.33. The van der Waals surface area contributed by atoms with Crippen molar-refractivity contribution in [1.82, 2.24) is 14.8 Å². The Labute approximate surface area is 98.4 Å². The topological polar surface area (TPSA) is 37.3 Å². The van der Waals surface area contributed by atoms with Crippen molar-refractivity contribution < 1.29 is 4.79 Å². The summed E-state index contributed by atoms with van der Waals surface area (Å²) in [7, 11) is 5.81. The van der Waals surface area contributed by atoms with E-state index in [-0.39, 0.29) is 5.91 Å². The van der Waals surface area contributed by atoms with Gasteiger partial charge in [-0.2, -0.15) is 0 Å². The second-order valence-electron chi connectivity index (χ2n) is 3.71. The number of likely N-dealkylation sites (N-methyl/N-ethyl adjacent to an activating group) is 1. The molecule has 0 saturated heterocycles. The van der Waals surface area contributed by atoms with E-state index in [4.69, 9.17) is 0 Å². The number of hydrogen-bond acceptors (Lipinski definition) is 2. The van der Waals surface area contributed by atoms with Crippen LogP contribution in [0.5, 0.6) is 0 Å². The molecule has 0 aliphatic heterocycles. The van der Waals surface area contributed by atoms with Crippen LogP contribution in [0.3, 0.4) is 0 Å². The molecule has 0 bridgehead atoms. The van der Waals surface area contributed by atoms with Crippen LogP contribution in [0.1, 0.15) is 10.5 Å². The minimum atomic E-state index is -0.0370. The van der Waals surface area contributed by atoms with Crippen LogP contribution in [-0.4, -0.2) is 42.6 Å². The van der Waals surface area contributed by atoms with E-state index in [0.29, 0.717) is 12.2 Å². The SMILES string of the molecule is CN(C)CCNC(=O)c1cc(Br)cn1C. The third kappa shape index (κ3) is 3.68. The Morgan fingerprint density at radius 3 is 2.73 bits per heavy atom. The van der Waals surface area contributed by atoms with E-state index >= 15 is 0 Å². The molecule has 0 radical (unpaired) electrons. The number of aromatic nitrogens is 1. The number of halogens is 1. The summed E-state index contributed by atoms with van der Waals surface area (Å²) in [5, 5.41) is 2.86. The molecule has 1 heterocycles. The van der Waals surface area contributed by atoms with Crippen molar-refractivity contribution in [2.45, 2.75) is 0 Å². The largest absolute Gasteiger partial charge is 0.349 e. The lowest BCUT2D eigenvalue weighted by Crippen LogP contribution is -2.32. The second kappa shape index (κ2) is 5.32. The molecule has 5 heteroatoms. The predicted octanol–water partition coefficient (Wildman–Crippen LogP) is 1.08. The van der Waals surface area contributed by atoms with Crippen molar-refractivity contribution in [3.05, 3.63) is 22.4 Å². The third-order valence-corrected chi connectivity index (χ3v) is 2.48. The highest BCUT2D eigenvalue weighted by Gasteiger charge is 2.09. The maximum atomic E-state index is 11.7. The molecule has 1 aromatic heterocycles. The van der Waals surface area contributed by atoms with E-state index < -0.39 is 0 Å². The Hall–Kier alpha value is -0.810. The Kier molecular flexibility index (Phi) is 4.35. The number of carbonyl (C=O) groups is 1. The van der Waals surface area contributed by atoms with Crippen LogP contribution in [-0.2, 0) is 7.05 Å². The van der Waals surface area contributed by atoms with Gasteiger partial charge in [-0.25, -0.2) is 0 Å². The van der Waals surface area contributed by atoms with Gasteiger partial charge < -0.3 is 14.8 Å². The third-order valence-electron chi connectivity index (χ3n) is 2.05. The maximum Gasteiger partial charge on any atom is 0.267 e. The molecule has 1 amide bonds. The van der Waals surface area contributed by atoms with E-state index in [9.17, 15) is 4.79 Å². The molecular weight excluding hydrogens is 258 g/mol. The highest BCUT2D eigenvalue weighted by Crippen LogP contribution is 2.13. The zero-order chi connectivity index (χ0) is 11.4. The van der Waals surface area contributed by atoms with E-state index in [1.54, 1.807) is 4.57 Å². The zero-order valence-electron chi connectivity index (χ0n) is 9.25. The second-order valence-corrected chi connectivity index (χ2v) is 4.63. The summed E-state index contributed by atoms with van der Waals surface area (Å²) in [6, 6.07) is 1.81. The van der Waals surface area contributed by atoms with Crippen LogP contribution >= 0.6 is 15.9 Å². The molecule has 1 aromatic rings. The number of hydrogen-bond donors (Lipinski definition) is 1. The molecule has 4 nitrogen and oxygen atoms in total. The Morgan fingerprint density at radius 2 is 2.27 bits per heavy atom. The number of nitrogens with zero attached hydrogens (tertiary/aromatic N) is 2. The summed E-state index contributed by atoms with van der Waals surface area (Å²) in [6.45, 7) is 1.51. The maximum absolute atomic E-state index is 11.7. The minimum absolute atomic E-state index is 0.0370. The van der Waals surface area contributed by atoms with Gasteiger partial charge in [-0.3, -0.25) is 4.79 Å². The van der Waals surface area contributed by atoms with Gasteiger partial charge in [0, 0.05) is 30.8 Å². The lowest BCUT2D eigenvalue weighted by Gasteiger charge is -2.10. The lowest BCUT2D eigenvalue weighted by molar-refractivity contribution is 0.0943. The van der Waals surface area contributed by atoms with Crippen molar-refractivity contribution in [1.29, 1.82) is 0 Å². The highest BCUT2D eigenvalue weighted by molar-refractivity contribution is 9.10. The average molecular weight is 274 g/mol. The van der Waals surface area contributed by atoms with Crippen molar-refractivity contribution in [2.24, 2.45) is 7.05 Å². The van der Waals surface area contributed by atoms with Gasteiger partial charge in [-0.1, -0.05) is 0 Å². The Balaban J connectivity index is 2.50.